The Morgan fingerprint density at radius 3 is 2.71 bits per heavy atom. The molecular weight excluding hydrogens is 472 g/mol. The number of fused-ring (bicyclic) bond motifs is 1. The summed E-state index contributed by atoms with van der Waals surface area (Å²) < 4.78 is 33.6. The van der Waals surface area contributed by atoms with E-state index in [1.54, 1.807) is 17.6 Å². The van der Waals surface area contributed by atoms with E-state index in [4.69, 9.17) is 4.74 Å². The van der Waals surface area contributed by atoms with Gasteiger partial charge in [0.25, 0.3) is 15.9 Å². The first-order valence-corrected chi connectivity index (χ1v) is 12.8. The maximum absolute atomic E-state index is 13.4. The van der Waals surface area contributed by atoms with Crippen LogP contribution in [0.3, 0.4) is 0 Å². The van der Waals surface area contributed by atoms with Gasteiger partial charge in [0.15, 0.2) is 5.13 Å². The number of nitrogens with zero attached hydrogens (tertiary/aromatic N) is 3. The molecule has 5 rings (SSSR count). The number of anilines is 2. The molecule has 172 valence electrons. The Bertz CT molecular complexity index is 1470. The highest BCUT2D eigenvalue weighted by Crippen LogP contribution is 2.34. The molecule has 1 aliphatic rings. The molecule has 0 saturated carbocycles. The molecule has 0 fully saturated rings. The molecule has 0 unspecified atom stereocenters. The van der Waals surface area contributed by atoms with Crippen LogP contribution in [0.25, 0.3) is 11.4 Å². The van der Waals surface area contributed by atoms with Crippen molar-refractivity contribution >= 4 is 38.1 Å². The Labute approximate surface area is 200 Å². The van der Waals surface area contributed by atoms with Crippen molar-refractivity contribution in [1.82, 2.24) is 9.97 Å². The molecule has 8 nitrogen and oxygen atoms in total. The average Bonchev–Trinajstić information content (AvgIpc) is 3.52. The van der Waals surface area contributed by atoms with Gasteiger partial charge in [0.2, 0.25) is 0 Å². The summed E-state index contributed by atoms with van der Waals surface area (Å²) in [6.45, 7) is 0.352. The number of carbonyl (C=O) groups is 1. The van der Waals surface area contributed by atoms with E-state index in [1.807, 2.05) is 36.4 Å². The minimum Gasteiger partial charge on any atom is -0.496 e. The van der Waals surface area contributed by atoms with Gasteiger partial charge in [0.05, 0.1) is 29.0 Å². The molecule has 1 amide bonds. The van der Waals surface area contributed by atoms with Crippen LogP contribution in [0, 0.1) is 0 Å². The summed E-state index contributed by atoms with van der Waals surface area (Å²) in [6, 6.07) is 17.2. The molecule has 0 radical (unpaired) electrons. The summed E-state index contributed by atoms with van der Waals surface area (Å²) in [5, 5.41) is 4.90. The summed E-state index contributed by atoms with van der Waals surface area (Å²) >= 11 is 1.25. The molecule has 2 aromatic carbocycles. The van der Waals surface area contributed by atoms with Gasteiger partial charge < -0.3 is 4.74 Å². The number of nitrogens with one attached hydrogen (secondary N) is 1. The number of carbonyl (C=O) groups excluding carboxylic acids is 1. The van der Waals surface area contributed by atoms with Gasteiger partial charge in [-0.1, -0.05) is 24.3 Å². The maximum atomic E-state index is 13.4. The van der Waals surface area contributed by atoms with Gasteiger partial charge in [0, 0.05) is 18.1 Å². The zero-order valence-electron chi connectivity index (χ0n) is 18.1. The van der Waals surface area contributed by atoms with Crippen LogP contribution in [0.1, 0.15) is 15.9 Å². The zero-order valence-corrected chi connectivity index (χ0v) is 19.8. The van der Waals surface area contributed by atoms with Crippen molar-refractivity contribution in [3.05, 3.63) is 83.4 Å². The first-order chi connectivity index (χ1) is 16.5. The number of amides is 1. The number of aromatic nitrogens is 2. The number of pyridine rings is 1. The maximum Gasteiger partial charge on any atom is 0.264 e. The van der Waals surface area contributed by atoms with Crippen LogP contribution in [-0.4, -0.2) is 37.9 Å². The number of ether oxygens (including phenoxy) is 1. The minimum atomic E-state index is -3.86. The standard InChI is InChI=1S/C24H20N4O4S2/c1-32-22-10-9-17(34(30,31)28-13-11-16-6-2-3-8-21(16)28)14-18(22)23(29)27-24-26-20(15-33-24)19-7-4-5-12-25-19/h2-10,12,14-15H,11,13H2,1H3,(H,26,27,29). The normalized spacial score (nSPS) is 12.9. The Morgan fingerprint density at radius 1 is 1.09 bits per heavy atom. The van der Waals surface area contributed by atoms with Gasteiger partial charge in [-0.2, -0.15) is 0 Å². The smallest absolute Gasteiger partial charge is 0.264 e. The SMILES string of the molecule is COc1ccc(S(=O)(=O)N2CCc3ccccc32)cc1C(=O)Nc1nc(-c2ccccn2)cs1. The van der Waals surface area contributed by atoms with Gasteiger partial charge in [-0.25, -0.2) is 13.4 Å². The highest BCUT2D eigenvalue weighted by molar-refractivity contribution is 7.92. The molecule has 0 bridgehead atoms. The molecule has 0 saturated heterocycles. The van der Waals surface area contributed by atoms with E-state index in [1.165, 1.54) is 41.0 Å². The fourth-order valence-corrected chi connectivity index (χ4v) is 6.07. The molecule has 34 heavy (non-hydrogen) atoms. The van der Waals surface area contributed by atoms with Crippen molar-refractivity contribution in [2.75, 3.05) is 23.3 Å². The van der Waals surface area contributed by atoms with Gasteiger partial charge >= 0.3 is 0 Å². The predicted molar refractivity (Wildman–Crippen MR) is 131 cm³/mol. The number of benzene rings is 2. The highest BCUT2D eigenvalue weighted by Gasteiger charge is 2.31. The van der Waals surface area contributed by atoms with E-state index in [0.717, 1.165) is 5.56 Å². The van der Waals surface area contributed by atoms with E-state index in [0.29, 0.717) is 35.2 Å². The lowest BCUT2D eigenvalue weighted by molar-refractivity contribution is 0.102. The highest BCUT2D eigenvalue weighted by atomic mass is 32.2. The summed E-state index contributed by atoms with van der Waals surface area (Å²) in [4.78, 5) is 21.8. The van der Waals surface area contributed by atoms with Crippen molar-refractivity contribution in [2.24, 2.45) is 0 Å². The molecular formula is C24H20N4O4S2. The predicted octanol–water partition coefficient (Wildman–Crippen LogP) is 4.22. The quantitative estimate of drug-likeness (QED) is 0.433. The van der Waals surface area contributed by atoms with Crippen LogP contribution in [0.5, 0.6) is 5.75 Å². The van der Waals surface area contributed by atoms with E-state index in [2.05, 4.69) is 15.3 Å². The third kappa shape index (κ3) is 4.02. The van der Waals surface area contributed by atoms with E-state index < -0.39 is 15.9 Å². The topological polar surface area (TPSA) is 101 Å². The molecule has 1 aliphatic heterocycles. The molecule has 0 spiro atoms. The lowest BCUT2D eigenvalue weighted by Crippen LogP contribution is -2.29. The number of rotatable bonds is 6. The van der Waals surface area contributed by atoms with Gasteiger partial charge in [-0.05, 0) is 48.4 Å². The lowest BCUT2D eigenvalue weighted by Gasteiger charge is -2.20. The number of methoxy groups -OCH3 is 1. The fraction of sp³-hybridized carbons (Fsp3) is 0.125. The first-order valence-electron chi connectivity index (χ1n) is 10.4. The summed E-state index contributed by atoms with van der Waals surface area (Å²) in [7, 11) is -2.43. The van der Waals surface area contributed by atoms with E-state index in [9.17, 15) is 13.2 Å². The number of sulfonamides is 1. The molecule has 4 aromatic rings. The minimum absolute atomic E-state index is 0.0171. The van der Waals surface area contributed by atoms with Crippen LogP contribution in [0.2, 0.25) is 0 Å². The summed E-state index contributed by atoms with van der Waals surface area (Å²) in [5.41, 5.74) is 3.07. The molecule has 10 heteroatoms. The second-order valence-corrected chi connectivity index (χ2v) is 10.2. The van der Waals surface area contributed by atoms with Crippen molar-refractivity contribution in [3.8, 4) is 17.1 Å². The first kappa shape index (κ1) is 22.1. The third-order valence-electron chi connectivity index (χ3n) is 5.50. The van der Waals surface area contributed by atoms with Crippen LogP contribution in [0.15, 0.2) is 77.1 Å². The number of hydrogen-bond donors (Lipinski definition) is 1. The van der Waals surface area contributed by atoms with E-state index in [-0.39, 0.29) is 16.2 Å². The molecule has 2 aromatic heterocycles. The van der Waals surface area contributed by atoms with E-state index >= 15 is 0 Å². The van der Waals surface area contributed by atoms with Crippen LogP contribution >= 0.6 is 11.3 Å². The van der Waals surface area contributed by atoms with Crippen molar-refractivity contribution < 1.29 is 17.9 Å². The Morgan fingerprint density at radius 2 is 1.91 bits per heavy atom. The average molecular weight is 493 g/mol. The number of thiazole rings is 1. The molecule has 1 N–H and O–H groups in total. The van der Waals surface area contributed by atoms with Crippen molar-refractivity contribution in [1.29, 1.82) is 0 Å². The van der Waals surface area contributed by atoms with Crippen LogP contribution in [-0.2, 0) is 16.4 Å². The second kappa shape index (κ2) is 8.88. The molecule has 3 heterocycles. The fourth-order valence-electron chi connectivity index (χ4n) is 3.84. The monoisotopic (exact) mass is 492 g/mol. The summed E-state index contributed by atoms with van der Waals surface area (Å²) in [6.07, 6.45) is 2.31. The van der Waals surface area contributed by atoms with Crippen LogP contribution < -0.4 is 14.4 Å². The van der Waals surface area contributed by atoms with Gasteiger partial charge in [0.1, 0.15) is 11.4 Å². The number of hydrogen-bond acceptors (Lipinski definition) is 7. The van der Waals surface area contributed by atoms with Crippen molar-refractivity contribution in [3.63, 3.8) is 0 Å². The van der Waals surface area contributed by atoms with Crippen molar-refractivity contribution in [2.45, 2.75) is 11.3 Å². The number of para-hydroxylation sites is 1. The summed E-state index contributed by atoms with van der Waals surface area (Å²) in [5.74, 6) is -0.252. The molecule has 0 atom stereocenters. The molecule has 0 aliphatic carbocycles. The zero-order chi connectivity index (χ0) is 23.7. The second-order valence-electron chi connectivity index (χ2n) is 7.52. The Balaban J connectivity index is 1.44. The van der Waals surface area contributed by atoms with Gasteiger partial charge in [-0.3, -0.25) is 19.4 Å². The third-order valence-corrected chi connectivity index (χ3v) is 8.07. The largest absolute Gasteiger partial charge is 0.496 e. The Hall–Kier alpha value is -3.76. The lowest BCUT2D eigenvalue weighted by atomic mass is 10.2. The van der Waals surface area contributed by atoms with Gasteiger partial charge in [-0.15, -0.1) is 11.3 Å². The van der Waals surface area contributed by atoms with Crippen LogP contribution in [0.4, 0.5) is 10.8 Å². The Kier molecular flexibility index (Phi) is 5.76.